The Morgan fingerprint density at radius 3 is 2.76 bits per heavy atom. The maximum atomic E-state index is 4.34. The maximum absolute atomic E-state index is 4.34. The zero-order valence-electron chi connectivity index (χ0n) is 12.5. The fourth-order valence-corrected chi connectivity index (χ4v) is 2.64. The molecule has 2 aromatic carbocycles. The summed E-state index contributed by atoms with van der Waals surface area (Å²) in [7, 11) is 0. The van der Waals surface area contributed by atoms with Gasteiger partial charge in [-0.1, -0.05) is 54.1 Å². The van der Waals surface area contributed by atoms with Crippen LogP contribution in [0.5, 0.6) is 0 Å². The summed E-state index contributed by atoms with van der Waals surface area (Å²) in [5.41, 5.74) is 3.86. The number of aromatic nitrogens is 1. The van der Waals surface area contributed by atoms with Gasteiger partial charge in [-0.3, -0.25) is 4.98 Å². The summed E-state index contributed by atoms with van der Waals surface area (Å²) in [5.74, 6) is 0. The summed E-state index contributed by atoms with van der Waals surface area (Å²) >= 11 is 0. The summed E-state index contributed by atoms with van der Waals surface area (Å²) in [4.78, 5) is 4.34. The molecule has 0 aliphatic rings. The highest BCUT2D eigenvalue weighted by Crippen LogP contribution is 2.19. The van der Waals surface area contributed by atoms with Gasteiger partial charge in [0, 0.05) is 30.4 Å². The van der Waals surface area contributed by atoms with Crippen LogP contribution in [0.2, 0.25) is 0 Å². The van der Waals surface area contributed by atoms with E-state index in [2.05, 4.69) is 72.7 Å². The molecule has 0 saturated carbocycles. The maximum Gasteiger partial charge on any atom is 0.0346 e. The van der Waals surface area contributed by atoms with Crippen molar-refractivity contribution >= 4 is 10.8 Å². The van der Waals surface area contributed by atoms with Gasteiger partial charge in [-0.25, -0.2) is 0 Å². The van der Waals surface area contributed by atoms with Crippen LogP contribution in [-0.4, -0.2) is 4.98 Å². The van der Waals surface area contributed by atoms with Crippen molar-refractivity contribution in [1.82, 2.24) is 10.3 Å². The van der Waals surface area contributed by atoms with Gasteiger partial charge in [0.25, 0.3) is 0 Å². The Morgan fingerprint density at radius 1 is 1.05 bits per heavy atom. The van der Waals surface area contributed by atoms with Crippen LogP contribution in [-0.2, 0) is 6.54 Å². The number of rotatable bonds is 4. The third-order valence-electron chi connectivity index (χ3n) is 3.89. The van der Waals surface area contributed by atoms with Crippen LogP contribution in [0.1, 0.15) is 29.7 Å². The highest BCUT2D eigenvalue weighted by Gasteiger charge is 2.06. The smallest absolute Gasteiger partial charge is 0.0346 e. The van der Waals surface area contributed by atoms with Gasteiger partial charge in [-0.05, 0) is 30.4 Å². The van der Waals surface area contributed by atoms with Crippen LogP contribution in [0.15, 0.2) is 60.9 Å². The van der Waals surface area contributed by atoms with Gasteiger partial charge in [-0.2, -0.15) is 0 Å². The quantitative estimate of drug-likeness (QED) is 0.764. The Morgan fingerprint density at radius 2 is 1.90 bits per heavy atom. The third kappa shape index (κ3) is 3.11. The van der Waals surface area contributed by atoms with Crippen molar-refractivity contribution in [3.05, 3.63) is 77.6 Å². The first-order chi connectivity index (χ1) is 10.2. The van der Waals surface area contributed by atoms with Gasteiger partial charge < -0.3 is 5.32 Å². The minimum Gasteiger partial charge on any atom is -0.306 e. The molecule has 2 nitrogen and oxygen atoms in total. The van der Waals surface area contributed by atoms with Crippen LogP contribution in [0.25, 0.3) is 10.8 Å². The second kappa shape index (κ2) is 6.06. The molecular weight excluding hydrogens is 256 g/mol. The SMILES string of the molecule is Cc1cccc([C@H](C)NCc2cncc3ccccc23)c1. The zero-order chi connectivity index (χ0) is 14.7. The van der Waals surface area contributed by atoms with E-state index in [1.54, 1.807) is 0 Å². The Kier molecular flexibility index (Phi) is 3.98. The van der Waals surface area contributed by atoms with Crippen LogP contribution >= 0.6 is 0 Å². The van der Waals surface area contributed by atoms with E-state index in [0.717, 1.165) is 6.54 Å². The van der Waals surface area contributed by atoms with E-state index in [1.807, 2.05) is 12.4 Å². The van der Waals surface area contributed by atoms with E-state index in [-0.39, 0.29) is 0 Å². The van der Waals surface area contributed by atoms with Crippen LogP contribution < -0.4 is 5.32 Å². The molecule has 3 aromatic rings. The topological polar surface area (TPSA) is 24.9 Å². The first-order valence-corrected chi connectivity index (χ1v) is 7.35. The average Bonchev–Trinajstić information content (AvgIpc) is 2.52. The molecule has 0 aliphatic carbocycles. The Bertz CT molecular complexity index is 744. The summed E-state index contributed by atoms with van der Waals surface area (Å²) in [6.45, 7) is 5.15. The van der Waals surface area contributed by atoms with Gasteiger partial charge in [0.15, 0.2) is 0 Å². The third-order valence-corrected chi connectivity index (χ3v) is 3.89. The van der Waals surface area contributed by atoms with Crippen molar-refractivity contribution in [1.29, 1.82) is 0 Å². The van der Waals surface area contributed by atoms with E-state index in [1.165, 1.54) is 27.5 Å². The second-order valence-corrected chi connectivity index (χ2v) is 5.54. The lowest BCUT2D eigenvalue weighted by Crippen LogP contribution is -2.18. The molecule has 0 amide bonds. The van der Waals surface area contributed by atoms with Crippen molar-refractivity contribution in [2.75, 3.05) is 0 Å². The summed E-state index contributed by atoms with van der Waals surface area (Å²) in [6.07, 6.45) is 3.88. The van der Waals surface area contributed by atoms with Crippen molar-refractivity contribution in [3.8, 4) is 0 Å². The molecule has 3 rings (SSSR count). The van der Waals surface area contributed by atoms with E-state index in [0.29, 0.717) is 6.04 Å². The van der Waals surface area contributed by atoms with E-state index in [9.17, 15) is 0 Å². The highest BCUT2D eigenvalue weighted by molar-refractivity contribution is 5.84. The van der Waals surface area contributed by atoms with Gasteiger partial charge in [0.2, 0.25) is 0 Å². The summed E-state index contributed by atoms with van der Waals surface area (Å²) in [6, 6.07) is 17.4. The largest absolute Gasteiger partial charge is 0.306 e. The molecule has 0 aliphatic heterocycles. The van der Waals surface area contributed by atoms with Crippen molar-refractivity contribution < 1.29 is 0 Å². The van der Waals surface area contributed by atoms with Gasteiger partial charge in [0.05, 0.1) is 0 Å². The van der Waals surface area contributed by atoms with E-state index in [4.69, 9.17) is 0 Å². The molecular formula is C19H20N2. The van der Waals surface area contributed by atoms with Crippen LogP contribution in [0.3, 0.4) is 0 Å². The fraction of sp³-hybridized carbons (Fsp3) is 0.211. The molecule has 1 heterocycles. The highest BCUT2D eigenvalue weighted by atomic mass is 14.9. The molecule has 0 unspecified atom stereocenters. The van der Waals surface area contributed by atoms with Crippen molar-refractivity contribution in [3.63, 3.8) is 0 Å². The molecule has 2 heteroatoms. The monoisotopic (exact) mass is 276 g/mol. The number of hydrogen-bond acceptors (Lipinski definition) is 2. The molecule has 0 spiro atoms. The molecule has 0 saturated heterocycles. The van der Waals surface area contributed by atoms with E-state index < -0.39 is 0 Å². The number of hydrogen-bond donors (Lipinski definition) is 1. The molecule has 0 bridgehead atoms. The number of aryl methyl sites for hydroxylation is 1. The molecule has 106 valence electrons. The molecule has 0 radical (unpaired) electrons. The zero-order valence-corrected chi connectivity index (χ0v) is 12.5. The predicted molar refractivity (Wildman–Crippen MR) is 88.2 cm³/mol. The lowest BCUT2D eigenvalue weighted by molar-refractivity contribution is 0.575. The van der Waals surface area contributed by atoms with E-state index >= 15 is 0 Å². The Balaban J connectivity index is 1.77. The molecule has 0 fully saturated rings. The Hall–Kier alpha value is -2.19. The Labute approximate surface area is 125 Å². The summed E-state index contributed by atoms with van der Waals surface area (Å²) in [5, 5.41) is 6.06. The molecule has 1 aromatic heterocycles. The van der Waals surface area contributed by atoms with Gasteiger partial charge in [-0.15, -0.1) is 0 Å². The summed E-state index contributed by atoms with van der Waals surface area (Å²) < 4.78 is 0. The average molecular weight is 276 g/mol. The van der Waals surface area contributed by atoms with Crippen molar-refractivity contribution in [2.45, 2.75) is 26.4 Å². The first kappa shape index (κ1) is 13.8. The van der Waals surface area contributed by atoms with Gasteiger partial charge >= 0.3 is 0 Å². The lowest BCUT2D eigenvalue weighted by Gasteiger charge is -2.15. The minimum atomic E-state index is 0.323. The minimum absolute atomic E-state index is 0.323. The van der Waals surface area contributed by atoms with Crippen LogP contribution in [0.4, 0.5) is 0 Å². The first-order valence-electron chi connectivity index (χ1n) is 7.35. The number of nitrogens with zero attached hydrogens (tertiary/aromatic N) is 1. The lowest BCUT2D eigenvalue weighted by atomic mass is 10.0. The normalized spacial score (nSPS) is 12.5. The molecule has 21 heavy (non-hydrogen) atoms. The number of nitrogens with one attached hydrogen (secondary N) is 1. The number of pyridine rings is 1. The fourth-order valence-electron chi connectivity index (χ4n) is 2.64. The van der Waals surface area contributed by atoms with Gasteiger partial charge in [0.1, 0.15) is 0 Å². The predicted octanol–water partition coefficient (Wildman–Crippen LogP) is 4.39. The van der Waals surface area contributed by atoms with Crippen molar-refractivity contribution in [2.24, 2.45) is 0 Å². The molecule has 1 atom stereocenters. The number of benzene rings is 2. The standard InChI is InChI=1S/C19H20N2/c1-14-6-5-8-16(10-14)15(2)21-13-18-12-20-11-17-7-3-4-9-19(17)18/h3-12,15,21H,13H2,1-2H3/t15-/m0/s1. The second-order valence-electron chi connectivity index (χ2n) is 5.54. The molecule has 1 N–H and O–H groups in total. The van der Waals surface area contributed by atoms with Crippen LogP contribution in [0, 0.1) is 6.92 Å². The number of fused-ring (bicyclic) bond motifs is 1.